The van der Waals surface area contributed by atoms with Crippen molar-refractivity contribution in [1.82, 2.24) is 5.32 Å². The molecule has 2 nitrogen and oxygen atoms in total. The Kier molecular flexibility index (Phi) is 9.66. The van der Waals surface area contributed by atoms with Crippen molar-refractivity contribution in [3.8, 4) is 0 Å². The van der Waals surface area contributed by atoms with Gasteiger partial charge in [-0.15, -0.1) is 0 Å². The minimum absolute atomic E-state index is 0.131. The van der Waals surface area contributed by atoms with E-state index in [4.69, 9.17) is 0 Å². The summed E-state index contributed by atoms with van der Waals surface area (Å²) in [5, 5.41) is 12.8. The van der Waals surface area contributed by atoms with Gasteiger partial charge in [0.25, 0.3) is 0 Å². The Labute approximate surface area is 99.2 Å². The van der Waals surface area contributed by atoms with E-state index in [-0.39, 0.29) is 6.10 Å². The van der Waals surface area contributed by atoms with Gasteiger partial charge in [-0.25, -0.2) is 0 Å². The van der Waals surface area contributed by atoms with Gasteiger partial charge in [0.15, 0.2) is 0 Å². The van der Waals surface area contributed by atoms with Gasteiger partial charge in [-0.3, -0.25) is 0 Å². The van der Waals surface area contributed by atoms with E-state index in [2.05, 4.69) is 26.1 Å². The highest BCUT2D eigenvalue weighted by molar-refractivity contribution is 7.99. The minimum atomic E-state index is -0.131. The monoisotopic (exact) mass is 233 g/mol. The molecule has 0 aliphatic carbocycles. The summed E-state index contributed by atoms with van der Waals surface area (Å²) in [6, 6.07) is 0.554. The Hall–Kier alpha value is 0.270. The molecule has 0 heterocycles. The average Bonchev–Trinajstić information content (AvgIpc) is 2.17. The van der Waals surface area contributed by atoms with Crippen molar-refractivity contribution in [2.45, 2.75) is 52.7 Å². The zero-order valence-electron chi connectivity index (χ0n) is 10.6. The van der Waals surface area contributed by atoms with Crippen molar-refractivity contribution in [3.05, 3.63) is 0 Å². The van der Waals surface area contributed by atoms with Gasteiger partial charge < -0.3 is 10.4 Å². The highest BCUT2D eigenvalue weighted by Gasteiger charge is 2.04. The molecule has 0 radical (unpaired) electrons. The van der Waals surface area contributed by atoms with Crippen LogP contribution in [0.5, 0.6) is 0 Å². The molecule has 0 fully saturated rings. The smallest absolute Gasteiger partial charge is 0.0549 e. The summed E-state index contributed by atoms with van der Waals surface area (Å²) < 4.78 is 0. The van der Waals surface area contributed by atoms with Crippen molar-refractivity contribution in [2.24, 2.45) is 5.92 Å². The molecule has 0 rings (SSSR count). The fourth-order valence-corrected chi connectivity index (χ4v) is 2.32. The molecule has 2 unspecified atom stereocenters. The molecule has 92 valence electrons. The van der Waals surface area contributed by atoms with Crippen LogP contribution < -0.4 is 5.32 Å². The van der Waals surface area contributed by atoms with Crippen molar-refractivity contribution < 1.29 is 5.11 Å². The summed E-state index contributed by atoms with van der Waals surface area (Å²) in [6.07, 6.45) is 1.60. The SMILES string of the molecule is CCC(O)CCNC(C)CSCC(C)C. The second-order valence-electron chi connectivity index (χ2n) is 4.64. The lowest BCUT2D eigenvalue weighted by Crippen LogP contribution is -2.31. The van der Waals surface area contributed by atoms with Crippen molar-refractivity contribution in [2.75, 3.05) is 18.1 Å². The van der Waals surface area contributed by atoms with E-state index in [0.717, 1.165) is 25.3 Å². The zero-order chi connectivity index (χ0) is 11.7. The zero-order valence-corrected chi connectivity index (χ0v) is 11.4. The molecule has 15 heavy (non-hydrogen) atoms. The Balaban J connectivity index is 3.29. The standard InChI is InChI=1S/C12H27NOS/c1-5-12(14)6-7-13-11(4)9-15-8-10(2)3/h10-14H,5-9H2,1-4H3. The predicted molar refractivity (Wildman–Crippen MR) is 70.5 cm³/mol. The molecule has 2 atom stereocenters. The topological polar surface area (TPSA) is 32.3 Å². The number of hydrogen-bond acceptors (Lipinski definition) is 3. The van der Waals surface area contributed by atoms with Crippen LogP contribution in [0.4, 0.5) is 0 Å². The van der Waals surface area contributed by atoms with Crippen molar-refractivity contribution in [3.63, 3.8) is 0 Å². The lowest BCUT2D eigenvalue weighted by atomic mass is 10.2. The summed E-state index contributed by atoms with van der Waals surface area (Å²) >= 11 is 2.01. The second-order valence-corrected chi connectivity index (χ2v) is 5.71. The van der Waals surface area contributed by atoms with E-state index < -0.39 is 0 Å². The van der Waals surface area contributed by atoms with Crippen LogP contribution in [0, 0.1) is 5.92 Å². The molecule has 0 aromatic carbocycles. The van der Waals surface area contributed by atoms with Crippen LogP contribution in [0.2, 0.25) is 0 Å². The molecular formula is C12H27NOS. The Morgan fingerprint density at radius 2 is 1.87 bits per heavy atom. The van der Waals surface area contributed by atoms with Crippen molar-refractivity contribution in [1.29, 1.82) is 0 Å². The summed E-state index contributed by atoms with van der Waals surface area (Å²) in [7, 11) is 0. The Bertz CT molecular complexity index is 142. The van der Waals surface area contributed by atoms with Gasteiger partial charge in [-0.1, -0.05) is 20.8 Å². The number of aliphatic hydroxyl groups excluding tert-OH is 1. The fourth-order valence-electron chi connectivity index (χ4n) is 1.24. The molecule has 0 aliphatic heterocycles. The van der Waals surface area contributed by atoms with Gasteiger partial charge in [0, 0.05) is 11.8 Å². The summed E-state index contributed by atoms with van der Waals surface area (Å²) in [5.74, 6) is 3.19. The summed E-state index contributed by atoms with van der Waals surface area (Å²) in [6.45, 7) is 9.67. The number of aliphatic hydroxyl groups is 1. The maximum absolute atomic E-state index is 9.37. The first-order valence-corrected chi connectivity index (χ1v) is 7.20. The highest BCUT2D eigenvalue weighted by atomic mass is 32.2. The number of hydrogen-bond donors (Lipinski definition) is 2. The van der Waals surface area contributed by atoms with Crippen LogP contribution in [0.15, 0.2) is 0 Å². The van der Waals surface area contributed by atoms with Crippen LogP contribution in [-0.4, -0.2) is 35.3 Å². The summed E-state index contributed by atoms with van der Waals surface area (Å²) in [5.41, 5.74) is 0. The summed E-state index contributed by atoms with van der Waals surface area (Å²) in [4.78, 5) is 0. The van der Waals surface area contributed by atoms with Crippen LogP contribution >= 0.6 is 11.8 Å². The molecule has 3 heteroatoms. The molecular weight excluding hydrogens is 206 g/mol. The Morgan fingerprint density at radius 1 is 1.20 bits per heavy atom. The molecule has 0 amide bonds. The maximum atomic E-state index is 9.37. The molecule has 0 saturated heterocycles. The third kappa shape index (κ3) is 10.6. The van der Waals surface area contributed by atoms with Gasteiger partial charge in [0.1, 0.15) is 0 Å². The largest absolute Gasteiger partial charge is 0.393 e. The van der Waals surface area contributed by atoms with Crippen LogP contribution in [0.25, 0.3) is 0 Å². The molecule has 0 bridgehead atoms. The minimum Gasteiger partial charge on any atom is -0.393 e. The fraction of sp³-hybridized carbons (Fsp3) is 1.00. The van der Waals surface area contributed by atoms with Crippen molar-refractivity contribution >= 4 is 11.8 Å². The molecule has 0 aliphatic rings. The lowest BCUT2D eigenvalue weighted by Gasteiger charge is -2.15. The average molecular weight is 233 g/mol. The number of thioether (sulfide) groups is 1. The van der Waals surface area contributed by atoms with Gasteiger partial charge in [0.05, 0.1) is 6.10 Å². The van der Waals surface area contributed by atoms with E-state index in [9.17, 15) is 5.11 Å². The second kappa shape index (κ2) is 9.49. The van der Waals surface area contributed by atoms with Crippen LogP contribution in [0.1, 0.15) is 40.5 Å². The third-order valence-electron chi connectivity index (χ3n) is 2.26. The molecule has 0 aromatic heterocycles. The van der Waals surface area contributed by atoms with Gasteiger partial charge in [-0.2, -0.15) is 11.8 Å². The first-order chi connectivity index (χ1) is 7.06. The maximum Gasteiger partial charge on any atom is 0.0549 e. The van der Waals surface area contributed by atoms with Gasteiger partial charge in [-0.05, 0) is 38.0 Å². The molecule has 2 N–H and O–H groups in total. The highest BCUT2D eigenvalue weighted by Crippen LogP contribution is 2.08. The van der Waals surface area contributed by atoms with E-state index in [1.807, 2.05) is 18.7 Å². The predicted octanol–water partition coefficient (Wildman–Crippen LogP) is 2.51. The van der Waals surface area contributed by atoms with E-state index in [0.29, 0.717) is 6.04 Å². The van der Waals surface area contributed by atoms with E-state index in [1.54, 1.807) is 0 Å². The van der Waals surface area contributed by atoms with E-state index >= 15 is 0 Å². The third-order valence-corrected chi connectivity index (χ3v) is 3.90. The number of rotatable bonds is 9. The first kappa shape index (κ1) is 15.3. The molecule has 0 aromatic rings. The van der Waals surface area contributed by atoms with Crippen LogP contribution in [0.3, 0.4) is 0 Å². The normalized spacial score (nSPS) is 15.6. The molecule has 0 saturated carbocycles. The van der Waals surface area contributed by atoms with Gasteiger partial charge in [0.2, 0.25) is 0 Å². The first-order valence-electron chi connectivity index (χ1n) is 6.05. The van der Waals surface area contributed by atoms with Crippen LogP contribution in [-0.2, 0) is 0 Å². The molecule has 0 spiro atoms. The van der Waals surface area contributed by atoms with Gasteiger partial charge >= 0.3 is 0 Å². The quantitative estimate of drug-likeness (QED) is 0.642. The number of nitrogens with one attached hydrogen (secondary N) is 1. The Morgan fingerprint density at radius 3 is 2.40 bits per heavy atom. The lowest BCUT2D eigenvalue weighted by molar-refractivity contribution is 0.159. The van der Waals surface area contributed by atoms with E-state index in [1.165, 1.54) is 11.5 Å².